The molecule has 3 aromatic rings. The number of para-hydroxylation sites is 1. The third kappa shape index (κ3) is 4.85. The zero-order valence-electron chi connectivity index (χ0n) is 16.4. The third-order valence-corrected chi connectivity index (χ3v) is 4.45. The maximum absolute atomic E-state index is 12.4. The minimum absolute atomic E-state index is 0.336. The Labute approximate surface area is 168 Å². The van der Waals surface area contributed by atoms with Gasteiger partial charge in [-0.1, -0.05) is 55.8 Å². The van der Waals surface area contributed by atoms with Crippen molar-refractivity contribution < 1.29 is 14.3 Å². The van der Waals surface area contributed by atoms with E-state index < -0.39 is 18.0 Å². The molecule has 0 amide bonds. The smallest absolute Gasteiger partial charge is 0.363 e. The summed E-state index contributed by atoms with van der Waals surface area (Å²) in [6, 6.07) is 17.7. The second kappa shape index (κ2) is 9.10. The van der Waals surface area contributed by atoms with Gasteiger partial charge in [0.05, 0.1) is 5.69 Å². The molecule has 0 aliphatic heterocycles. The minimum atomic E-state index is -0.921. The first-order valence-corrected chi connectivity index (χ1v) is 9.45. The molecular weight excluding hydrogens is 368 g/mol. The molecule has 0 unspecified atom stereocenters. The monoisotopic (exact) mass is 390 g/mol. The van der Waals surface area contributed by atoms with E-state index in [0.29, 0.717) is 16.9 Å². The third-order valence-electron chi connectivity index (χ3n) is 4.45. The fourth-order valence-electron chi connectivity index (χ4n) is 2.95. The normalized spacial score (nSPS) is 10.6. The lowest BCUT2D eigenvalue weighted by atomic mass is 10.1. The Morgan fingerprint density at radius 1 is 1.03 bits per heavy atom. The molecule has 148 valence electrons. The van der Waals surface area contributed by atoms with Crippen molar-refractivity contribution in [3.63, 3.8) is 0 Å². The molecule has 0 aliphatic rings. The lowest BCUT2D eigenvalue weighted by Crippen LogP contribution is -2.25. The van der Waals surface area contributed by atoms with Crippen molar-refractivity contribution in [2.24, 2.45) is 0 Å². The summed E-state index contributed by atoms with van der Waals surface area (Å²) in [6.07, 6.45) is 1.96. The van der Waals surface area contributed by atoms with Gasteiger partial charge in [0.2, 0.25) is 11.1 Å². The summed E-state index contributed by atoms with van der Waals surface area (Å²) < 4.78 is 6.56. The van der Waals surface area contributed by atoms with Crippen LogP contribution in [-0.4, -0.2) is 28.1 Å². The summed E-state index contributed by atoms with van der Waals surface area (Å²) in [7, 11) is 0. The Bertz CT molecular complexity index is 1070. The molecule has 0 fully saturated rings. The van der Waals surface area contributed by atoms with Gasteiger partial charge in [-0.25, -0.2) is 9.48 Å². The Kier molecular flexibility index (Phi) is 6.34. The van der Waals surface area contributed by atoms with E-state index in [1.165, 1.54) is 10.7 Å². The number of benzene rings is 2. The summed E-state index contributed by atoms with van der Waals surface area (Å²) in [5, 5.41) is 4.14. The molecule has 1 heterocycles. The molecule has 1 aromatic heterocycles. The van der Waals surface area contributed by atoms with Crippen molar-refractivity contribution in [2.45, 2.75) is 26.7 Å². The van der Waals surface area contributed by atoms with Crippen LogP contribution in [0.1, 0.15) is 45.4 Å². The summed E-state index contributed by atoms with van der Waals surface area (Å²) in [4.78, 5) is 36.9. The second-order valence-electron chi connectivity index (χ2n) is 6.69. The lowest BCUT2D eigenvalue weighted by Gasteiger charge is -2.11. The van der Waals surface area contributed by atoms with Crippen LogP contribution in [-0.2, 0) is 11.2 Å². The van der Waals surface area contributed by atoms with E-state index in [-0.39, 0.29) is 11.5 Å². The fraction of sp³-hybridized carbons (Fsp3) is 0.217. The van der Waals surface area contributed by atoms with Gasteiger partial charge >= 0.3 is 5.97 Å². The number of ketones is 1. The molecule has 0 bridgehead atoms. The highest BCUT2D eigenvalue weighted by Crippen LogP contribution is 2.10. The molecule has 0 spiro atoms. The highest BCUT2D eigenvalue weighted by molar-refractivity contribution is 5.99. The van der Waals surface area contributed by atoms with Crippen molar-refractivity contribution >= 4 is 11.8 Å². The van der Waals surface area contributed by atoms with Crippen molar-refractivity contribution in [2.75, 3.05) is 6.61 Å². The first kappa shape index (κ1) is 20.2. The number of hydrogen-bond donors (Lipinski definition) is 0. The average molecular weight is 390 g/mol. The van der Waals surface area contributed by atoms with Crippen LogP contribution in [0.5, 0.6) is 0 Å². The molecule has 0 atom stereocenters. The van der Waals surface area contributed by atoms with Crippen LogP contribution in [0, 0.1) is 6.92 Å². The van der Waals surface area contributed by atoms with Gasteiger partial charge in [0, 0.05) is 17.3 Å². The molecule has 0 aliphatic carbocycles. The molecule has 0 saturated heterocycles. The molecule has 0 radical (unpaired) electrons. The number of rotatable bonds is 7. The van der Waals surface area contributed by atoms with E-state index in [1.54, 1.807) is 19.1 Å². The van der Waals surface area contributed by atoms with Gasteiger partial charge in [0.25, 0.3) is 0 Å². The standard InChI is InChI=1S/C23H22N2O4/c1-3-7-17-10-12-18(13-11-17)21(27)15-29-23(28)22-20(26)14-16(2)25(24-22)19-8-5-4-6-9-19/h4-6,8-14H,3,7,15H2,1-2H3. The topological polar surface area (TPSA) is 78.3 Å². The van der Waals surface area contributed by atoms with Gasteiger partial charge in [0.1, 0.15) is 0 Å². The average Bonchev–Trinajstić information content (AvgIpc) is 2.73. The largest absolute Gasteiger partial charge is 0.452 e. The number of Topliss-reactive ketones (excluding diaryl/α,β-unsaturated/α-hetero) is 1. The van der Waals surface area contributed by atoms with E-state index in [2.05, 4.69) is 12.0 Å². The van der Waals surface area contributed by atoms with Crippen LogP contribution in [0.15, 0.2) is 65.5 Å². The number of ether oxygens (including phenoxy) is 1. The highest BCUT2D eigenvalue weighted by atomic mass is 16.5. The van der Waals surface area contributed by atoms with E-state index >= 15 is 0 Å². The molecule has 2 aromatic carbocycles. The van der Waals surface area contributed by atoms with Gasteiger partial charge in [-0.05, 0) is 31.0 Å². The number of carbonyl (C=O) groups excluding carboxylic acids is 2. The van der Waals surface area contributed by atoms with Gasteiger partial charge in [0.15, 0.2) is 12.4 Å². The zero-order valence-corrected chi connectivity index (χ0v) is 16.4. The highest BCUT2D eigenvalue weighted by Gasteiger charge is 2.18. The van der Waals surface area contributed by atoms with E-state index in [0.717, 1.165) is 18.4 Å². The molecule has 29 heavy (non-hydrogen) atoms. The number of carbonyl (C=O) groups is 2. The van der Waals surface area contributed by atoms with Crippen molar-refractivity contribution in [1.29, 1.82) is 0 Å². The maximum Gasteiger partial charge on any atom is 0.363 e. The van der Waals surface area contributed by atoms with Gasteiger partial charge < -0.3 is 4.74 Å². The van der Waals surface area contributed by atoms with Crippen LogP contribution < -0.4 is 5.43 Å². The molecule has 6 nitrogen and oxygen atoms in total. The summed E-state index contributed by atoms with van der Waals surface area (Å²) in [5.41, 5.74) is 1.99. The van der Waals surface area contributed by atoms with Crippen LogP contribution in [0.4, 0.5) is 0 Å². The van der Waals surface area contributed by atoms with E-state index in [4.69, 9.17) is 4.74 Å². The Morgan fingerprint density at radius 2 is 1.72 bits per heavy atom. The van der Waals surface area contributed by atoms with Crippen LogP contribution in [0.3, 0.4) is 0 Å². The summed E-state index contributed by atoms with van der Waals surface area (Å²) in [5.74, 6) is -1.26. The minimum Gasteiger partial charge on any atom is -0.452 e. The number of nitrogens with zero attached hydrogens (tertiary/aromatic N) is 2. The molecule has 0 N–H and O–H groups in total. The predicted octanol–water partition coefficient (Wildman–Crippen LogP) is 3.53. The Hall–Kier alpha value is -3.54. The van der Waals surface area contributed by atoms with E-state index in [1.807, 2.05) is 42.5 Å². The lowest BCUT2D eigenvalue weighted by molar-refractivity contribution is 0.0465. The SMILES string of the molecule is CCCc1ccc(C(=O)COC(=O)c2nn(-c3ccccc3)c(C)cc2=O)cc1. The number of aryl methyl sites for hydroxylation is 2. The number of esters is 1. The zero-order chi connectivity index (χ0) is 20.8. The predicted molar refractivity (Wildman–Crippen MR) is 110 cm³/mol. The van der Waals surface area contributed by atoms with Gasteiger partial charge in [-0.2, -0.15) is 5.10 Å². The van der Waals surface area contributed by atoms with E-state index in [9.17, 15) is 14.4 Å². The van der Waals surface area contributed by atoms with Crippen molar-refractivity contribution in [3.05, 3.63) is 93.4 Å². The molecule has 3 rings (SSSR count). The maximum atomic E-state index is 12.4. The number of aromatic nitrogens is 2. The first-order chi connectivity index (χ1) is 14.0. The van der Waals surface area contributed by atoms with Crippen LogP contribution >= 0.6 is 0 Å². The Balaban J connectivity index is 1.73. The van der Waals surface area contributed by atoms with Crippen molar-refractivity contribution in [1.82, 2.24) is 9.78 Å². The number of hydrogen-bond acceptors (Lipinski definition) is 5. The molecular formula is C23H22N2O4. The van der Waals surface area contributed by atoms with Gasteiger partial charge in [-0.3, -0.25) is 9.59 Å². The van der Waals surface area contributed by atoms with Crippen LogP contribution in [0.25, 0.3) is 5.69 Å². The molecule has 6 heteroatoms. The quantitative estimate of drug-likeness (QED) is 0.455. The first-order valence-electron chi connectivity index (χ1n) is 9.45. The van der Waals surface area contributed by atoms with Gasteiger partial charge in [-0.15, -0.1) is 0 Å². The van der Waals surface area contributed by atoms with Crippen LogP contribution in [0.2, 0.25) is 0 Å². The Morgan fingerprint density at radius 3 is 2.38 bits per heavy atom. The summed E-state index contributed by atoms with van der Waals surface area (Å²) >= 11 is 0. The fourth-order valence-corrected chi connectivity index (χ4v) is 2.95. The summed E-state index contributed by atoms with van der Waals surface area (Å²) in [6.45, 7) is 3.36. The van der Waals surface area contributed by atoms with Crippen molar-refractivity contribution in [3.8, 4) is 5.69 Å². The molecule has 0 saturated carbocycles. The second-order valence-corrected chi connectivity index (χ2v) is 6.69.